The van der Waals surface area contributed by atoms with Crippen LogP contribution in [0, 0.1) is 11.8 Å². The Morgan fingerprint density at radius 1 is 1.13 bits per heavy atom. The zero-order valence-electron chi connectivity index (χ0n) is 10.2. The molecule has 0 aliphatic carbocycles. The molecule has 15 heavy (non-hydrogen) atoms. The average Bonchev–Trinajstić information content (AvgIpc) is 2.74. The number of piperidine rings is 1. The molecule has 0 aromatic heterocycles. The standard InChI is InChI=1S/C13H26N2/c1-2-3-12-5-8-15(9-6-12)11-13-4-7-14-10-13/h12-14H,2-11H2,1H3. The zero-order chi connectivity index (χ0) is 10.5. The highest BCUT2D eigenvalue weighted by Crippen LogP contribution is 2.22. The molecule has 88 valence electrons. The summed E-state index contributed by atoms with van der Waals surface area (Å²) in [4.78, 5) is 2.70. The van der Waals surface area contributed by atoms with Crippen molar-refractivity contribution in [1.82, 2.24) is 10.2 Å². The Balaban J connectivity index is 1.64. The van der Waals surface area contributed by atoms with Gasteiger partial charge in [0.15, 0.2) is 0 Å². The Hall–Kier alpha value is -0.0800. The smallest absolute Gasteiger partial charge is 0.00223 e. The predicted molar refractivity (Wildman–Crippen MR) is 65.0 cm³/mol. The van der Waals surface area contributed by atoms with Crippen LogP contribution in [0.25, 0.3) is 0 Å². The molecule has 2 rings (SSSR count). The van der Waals surface area contributed by atoms with Gasteiger partial charge < -0.3 is 10.2 Å². The molecule has 0 radical (unpaired) electrons. The molecular weight excluding hydrogens is 184 g/mol. The zero-order valence-corrected chi connectivity index (χ0v) is 10.2. The van der Waals surface area contributed by atoms with E-state index in [1.807, 2.05) is 0 Å². The lowest BCUT2D eigenvalue weighted by atomic mass is 9.92. The van der Waals surface area contributed by atoms with E-state index in [-0.39, 0.29) is 0 Å². The topological polar surface area (TPSA) is 15.3 Å². The van der Waals surface area contributed by atoms with E-state index in [0.717, 1.165) is 11.8 Å². The second-order valence-corrected chi connectivity index (χ2v) is 5.39. The van der Waals surface area contributed by atoms with Crippen molar-refractivity contribution in [2.75, 3.05) is 32.7 Å². The van der Waals surface area contributed by atoms with E-state index in [1.165, 1.54) is 64.8 Å². The first-order valence-electron chi connectivity index (χ1n) is 6.81. The van der Waals surface area contributed by atoms with Crippen LogP contribution < -0.4 is 5.32 Å². The van der Waals surface area contributed by atoms with Crippen molar-refractivity contribution in [2.45, 2.75) is 39.0 Å². The van der Waals surface area contributed by atoms with Crippen LogP contribution >= 0.6 is 0 Å². The van der Waals surface area contributed by atoms with Gasteiger partial charge in [0, 0.05) is 6.54 Å². The fraction of sp³-hybridized carbons (Fsp3) is 1.00. The number of likely N-dealkylation sites (tertiary alicyclic amines) is 1. The van der Waals surface area contributed by atoms with Gasteiger partial charge in [0.2, 0.25) is 0 Å². The monoisotopic (exact) mass is 210 g/mol. The van der Waals surface area contributed by atoms with Crippen LogP contribution in [0.15, 0.2) is 0 Å². The van der Waals surface area contributed by atoms with E-state index < -0.39 is 0 Å². The first-order valence-corrected chi connectivity index (χ1v) is 6.81. The van der Waals surface area contributed by atoms with Crippen molar-refractivity contribution >= 4 is 0 Å². The Bertz CT molecular complexity index is 167. The lowest BCUT2D eigenvalue weighted by molar-refractivity contribution is 0.159. The Kier molecular flexibility index (Phi) is 4.45. The molecule has 0 spiro atoms. The summed E-state index contributed by atoms with van der Waals surface area (Å²) in [5.41, 5.74) is 0. The first kappa shape index (κ1) is 11.4. The van der Waals surface area contributed by atoms with Crippen LogP contribution in [-0.2, 0) is 0 Å². The van der Waals surface area contributed by atoms with Gasteiger partial charge in [0.25, 0.3) is 0 Å². The van der Waals surface area contributed by atoms with Gasteiger partial charge in [-0.2, -0.15) is 0 Å². The highest BCUT2D eigenvalue weighted by atomic mass is 15.1. The molecule has 0 saturated carbocycles. The van der Waals surface area contributed by atoms with Crippen molar-refractivity contribution in [2.24, 2.45) is 11.8 Å². The van der Waals surface area contributed by atoms with E-state index in [4.69, 9.17) is 0 Å². The van der Waals surface area contributed by atoms with Gasteiger partial charge in [-0.3, -0.25) is 0 Å². The van der Waals surface area contributed by atoms with Crippen LogP contribution in [-0.4, -0.2) is 37.6 Å². The Morgan fingerprint density at radius 3 is 2.53 bits per heavy atom. The van der Waals surface area contributed by atoms with Crippen molar-refractivity contribution in [3.05, 3.63) is 0 Å². The van der Waals surface area contributed by atoms with Crippen molar-refractivity contribution < 1.29 is 0 Å². The molecule has 2 nitrogen and oxygen atoms in total. The van der Waals surface area contributed by atoms with Crippen molar-refractivity contribution in [3.8, 4) is 0 Å². The highest BCUT2D eigenvalue weighted by molar-refractivity contribution is 4.78. The molecule has 1 N–H and O–H groups in total. The molecule has 2 aliphatic rings. The minimum Gasteiger partial charge on any atom is -0.316 e. The third-order valence-electron chi connectivity index (χ3n) is 4.08. The number of nitrogens with zero attached hydrogens (tertiary/aromatic N) is 1. The van der Waals surface area contributed by atoms with E-state index in [2.05, 4.69) is 17.1 Å². The van der Waals surface area contributed by atoms with Crippen LogP contribution in [0.4, 0.5) is 0 Å². The van der Waals surface area contributed by atoms with Crippen LogP contribution in [0.2, 0.25) is 0 Å². The fourth-order valence-corrected chi connectivity index (χ4v) is 3.10. The Morgan fingerprint density at radius 2 is 1.93 bits per heavy atom. The summed E-state index contributed by atoms with van der Waals surface area (Å²) in [5.74, 6) is 1.97. The molecule has 0 aromatic carbocycles. The summed E-state index contributed by atoms with van der Waals surface area (Å²) in [6, 6.07) is 0. The molecule has 1 atom stereocenters. The molecule has 2 aliphatic heterocycles. The lowest BCUT2D eigenvalue weighted by Crippen LogP contribution is -2.37. The van der Waals surface area contributed by atoms with Gasteiger partial charge in [0.05, 0.1) is 0 Å². The van der Waals surface area contributed by atoms with Gasteiger partial charge in [-0.15, -0.1) is 0 Å². The molecule has 0 bridgehead atoms. The van der Waals surface area contributed by atoms with Gasteiger partial charge in [0.1, 0.15) is 0 Å². The lowest BCUT2D eigenvalue weighted by Gasteiger charge is -2.33. The summed E-state index contributed by atoms with van der Waals surface area (Å²) in [6.45, 7) is 8.90. The molecule has 2 heterocycles. The summed E-state index contributed by atoms with van der Waals surface area (Å²) < 4.78 is 0. The number of rotatable bonds is 4. The fourth-order valence-electron chi connectivity index (χ4n) is 3.10. The molecule has 2 heteroatoms. The first-order chi connectivity index (χ1) is 7.38. The van der Waals surface area contributed by atoms with Crippen molar-refractivity contribution in [3.63, 3.8) is 0 Å². The number of hydrogen-bond acceptors (Lipinski definition) is 2. The molecule has 0 amide bonds. The molecule has 2 saturated heterocycles. The summed E-state index contributed by atoms with van der Waals surface area (Å²) >= 11 is 0. The average molecular weight is 210 g/mol. The van der Waals surface area contributed by atoms with Crippen LogP contribution in [0.1, 0.15) is 39.0 Å². The second kappa shape index (κ2) is 5.86. The molecule has 1 unspecified atom stereocenters. The van der Waals surface area contributed by atoms with Gasteiger partial charge in [-0.1, -0.05) is 19.8 Å². The maximum Gasteiger partial charge on any atom is 0.00223 e. The SMILES string of the molecule is CCCC1CCN(CC2CCNC2)CC1. The maximum absolute atomic E-state index is 3.46. The minimum atomic E-state index is 0.938. The third kappa shape index (κ3) is 3.46. The van der Waals surface area contributed by atoms with E-state index in [1.54, 1.807) is 0 Å². The molecule has 2 fully saturated rings. The maximum atomic E-state index is 3.46. The second-order valence-electron chi connectivity index (χ2n) is 5.39. The van der Waals surface area contributed by atoms with Crippen molar-refractivity contribution in [1.29, 1.82) is 0 Å². The number of nitrogens with one attached hydrogen (secondary N) is 1. The van der Waals surface area contributed by atoms with Gasteiger partial charge >= 0.3 is 0 Å². The largest absolute Gasteiger partial charge is 0.316 e. The molecular formula is C13H26N2. The highest BCUT2D eigenvalue weighted by Gasteiger charge is 2.22. The molecule has 0 aromatic rings. The van der Waals surface area contributed by atoms with E-state index >= 15 is 0 Å². The van der Waals surface area contributed by atoms with Crippen LogP contribution in [0.5, 0.6) is 0 Å². The summed E-state index contributed by atoms with van der Waals surface area (Å²) in [7, 11) is 0. The summed E-state index contributed by atoms with van der Waals surface area (Å²) in [6.07, 6.45) is 7.13. The normalized spacial score (nSPS) is 29.8. The minimum absolute atomic E-state index is 0.938. The summed E-state index contributed by atoms with van der Waals surface area (Å²) in [5, 5.41) is 3.46. The quantitative estimate of drug-likeness (QED) is 0.764. The van der Waals surface area contributed by atoms with E-state index in [0.29, 0.717) is 0 Å². The van der Waals surface area contributed by atoms with E-state index in [9.17, 15) is 0 Å². The van der Waals surface area contributed by atoms with Gasteiger partial charge in [-0.25, -0.2) is 0 Å². The number of hydrogen-bond donors (Lipinski definition) is 1. The predicted octanol–water partition coefficient (Wildman–Crippen LogP) is 2.11. The Labute approximate surface area is 94.4 Å². The van der Waals surface area contributed by atoms with Crippen LogP contribution in [0.3, 0.4) is 0 Å². The van der Waals surface area contributed by atoms with Gasteiger partial charge in [-0.05, 0) is 57.3 Å². The third-order valence-corrected chi connectivity index (χ3v) is 4.08.